The van der Waals surface area contributed by atoms with Crippen molar-refractivity contribution < 1.29 is 9.63 Å². The van der Waals surface area contributed by atoms with Gasteiger partial charge in [-0.05, 0) is 12.8 Å². The lowest BCUT2D eigenvalue weighted by Crippen LogP contribution is -2.37. The Morgan fingerprint density at radius 3 is 3.00 bits per heavy atom. The molecule has 1 saturated heterocycles. The molecule has 1 aromatic rings. The van der Waals surface area contributed by atoms with Crippen LogP contribution in [-0.4, -0.2) is 29.1 Å². The molecule has 2 heterocycles. The number of hydrogen-bond donors (Lipinski definition) is 1. The second-order valence-corrected chi connectivity index (χ2v) is 3.37. The van der Waals surface area contributed by atoms with Crippen LogP contribution in [0.1, 0.15) is 23.2 Å². The average molecular weight is 208 g/mol. The summed E-state index contributed by atoms with van der Waals surface area (Å²) in [7, 11) is 0. The minimum absolute atomic E-state index is 0.124. The molecule has 80 valence electrons. The molecule has 0 atom stereocenters. The molecule has 1 amide bonds. The van der Waals surface area contributed by atoms with Crippen LogP contribution in [0.3, 0.4) is 0 Å². The van der Waals surface area contributed by atoms with Crippen LogP contribution in [0.25, 0.3) is 0 Å². The van der Waals surface area contributed by atoms with Gasteiger partial charge < -0.3 is 4.98 Å². The number of aromatic amines is 1. The molecule has 0 aromatic carbocycles. The molecule has 5 nitrogen and oxygen atoms in total. The number of amides is 1. The SMILES string of the molecule is O=C(c1c[nH]ccc1=O)N1CCCCO1. The largest absolute Gasteiger partial charge is 0.367 e. The van der Waals surface area contributed by atoms with Gasteiger partial charge in [0.25, 0.3) is 5.91 Å². The third kappa shape index (κ3) is 2.07. The van der Waals surface area contributed by atoms with Gasteiger partial charge in [0.1, 0.15) is 5.56 Å². The van der Waals surface area contributed by atoms with Gasteiger partial charge in [0, 0.05) is 25.0 Å². The van der Waals surface area contributed by atoms with Gasteiger partial charge in [0.15, 0.2) is 5.43 Å². The van der Waals surface area contributed by atoms with E-state index in [0.717, 1.165) is 12.8 Å². The van der Waals surface area contributed by atoms with Crippen molar-refractivity contribution in [2.75, 3.05) is 13.2 Å². The fraction of sp³-hybridized carbons (Fsp3) is 0.400. The highest BCUT2D eigenvalue weighted by Gasteiger charge is 2.21. The van der Waals surface area contributed by atoms with Crippen molar-refractivity contribution >= 4 is 5.91 Å². The first-order valence-electron chi connectivity index (χ1n) is 4.91. The van der Waals surface area contributed by atoms with Crippen molar-refractivity contribution in [3.63, 3.8) is 0 Å². The maximum Gasteiger partial charge on any atom is 0.282 e. The molecular weight excluding hydrogens is 196 g/mol. The standard InChI is InChI=1S/C10H12N2O3/c13-9-3-4-11-7-8(9)10(14)12-5-1-2-6-15-12/h3-4,7H,1-2,5-6H2,(H,11,13). The summed E-state index contributed by atoms with van der Waals surface area (Å²) in [5.41, 5.74) is -0.160. The highest BCUT2D eigenvalue weighted by molar-refractivity contribution is 5.93. The van der Waals surface area contributed by atoms with E-state index < -0.39 is 0 Å². The Bertz CT molecular complexity index is 407. The Hall–Kier alpha value is -1.62. The van der Waals surface area contributed by atoms with Crippen molar-refractivity contribution in [1.82, 2.24) is 10.0 Å². The quantitative estimate of drug-likeness (QED) is 0.732. The Balaban J connectivity index is 2.20. The van der Waals surface area contributed by atoms with Crippen LogP contribution < -0.4 is 5.43 Å². The van der Waals surface area contributed by atoms with Crippen LogP contribution in [-0.2, 0) is 4.84 Å². The van der Waals surface area contributed by atoms with E-state index in [2.05, 4.69) is 4.98 Å². The van der Waals surface area contributed by atoms with Gasteiger partial charge in [-0.25, -0.2) is 5.06 Å². The Labute approximate surface area is 86.6 Å². The van der Waals surface area contributed by atoms with Gasteiger partial charge in [-0.15, -0.1) is 0 Å². The molecular formula is C10H12N2O3. The van der Waals surface area contributed by atoms with E-state index in [-0.39, 0.29) is 16.9 Å². The third-order valence-electron chi connectivity index (χ3n) is 2.28. The molecule has 15 heavy (non-hydrogen) atoms. The number of carbonyl (C=O) groups is 1. The third-order valence-corrected chi connectivity index (χ3v) is 2.28. The molecule has 1 N–H and O–H groups in total. The van der Waals surface area contributed by atoms with Gasteiger partial charge >= 0.3 is 0 Å². The average Bonchev–Trinajstić information content (AvgIpc) is 2.30. The molecule has 1 aromatic heterocycles. The highest BCUT2D eigenvalue weighted by atomic mass is 16.7. The summed E-state index contributed by atoms with van der Waals surface area (Å²) in [6, 6.07) is 1.33. The van der Waals surface area contributed by atoms with Gasteiger partial charge in [0.2, 0.25) is 0 Å². The number of nitrogens with one attached hydrogen (secondary N) is 1. The van der Waals surface area contributed by atoms with E-state index in [0.29, 0.717) is 13.2 Å². The Kier molecular flexibility index (Phi) is 2.82. The van der Waals surface area contributed by atoms with Crippen LogP contribution in [0.4, 0.5) is 0 Å². The number of rotatable bonds is 1. The topological polar surface area (TPSA) is 62.4 Å². The minimum Gasteiger partial charge on any atom is -0.367 e. The fourth-order valence-electron chi connectivity index (χ4n) is 1.47. The van der Waals surface area contributed by atoms with Crippen molar-refractivity contribution in [1.29, 1.82) is 0 Å². The monoisotopic (exact) mass is 208 g/mol. The van der Waals surface area contributed by atoms with Crippen molar-refractivity contribution in [2.24, 2.45) is 0 Å². The fourth-order valence-corrected chi connectivity index (χ4v) is 1.47. The summed E-state index contributed by atoms with van der Waals surface area (Å²) in [4.78, 5) is 31.1. The predicted octanol–water partition coefficient (Wildman–Crippen LogP) is 0.542. The highest BCUT2D eigenvalue weighted by Crippen LogP contribution is 2.08. The van der Waals surface area contributed by atoms with E-state index in [1.165, 1.54) is 23.5 Å². The summed E-state index contributed by atoms with van der Waals surface area (Å²) < 4.78 is 0. The van der Waals surface area contributed by atoms with E-state index in [4.69, 9.17) is 4.84 Å². The summed E-state index contributed by atoms with van der Waals surface area (Å²) in [5, 5.41) is 1.26. The van der Waals surface area contributed by atoms with Crippen molar-refractivity contribution in [3.05, 3.63) is 34.2 Å². The number of hydrogen-bond acceptors (Lipinski definition) is 3. The normalized spacial score (nSPS) is 16.4. The summed E-state index contributed by atoms with van der Waals surface area (Å²) >= 11 is 0. The summed E-state index contributed by atoms with van der Waals surface area (Å²) in [6.07, 6.45) is 4.77. The van der Waals surface area contributed by atoms with Crippen LogP contribution in [0.5, 0.6) is 0 Å². The lowest BCUT2D eigenvalue weighted by Gasteiger charge is -2.25. The van der Waals surface area contributed by atoms with E-state index in [1.807, 2.05) is 0 Å². The van der Waals surface area contributed by atoms with Gasteiger partial charge in [-0.3, -0.25) is 14.4 Å². The van der Waals surface area contributed by atoms with Crippen LogP contribution in [0.15, 0.2) is 23.3 Å². The zero-order chi connectivity index (χ0) is 10.7. The Morgan fingerprint density at radius 1 is 1.47 bits per heavy atom. The van der Waals surface area contributed by atoms with Crippen molar-refractivity contribution in [3.8, 4) is 0 Å². The van der Waals surface area contributed by atoms with Gasteiger partial charge in [-0.2, -0.15) is 0 Å². The zero-order valence-corrected chi connectivity index (χ0v) is 8.23. The van der Waals surface area contributed by atoms with Crippen LogP contribution in [0, 0.1) is 0 Å². The summed E-state index contributed by atoms with van der Waals surface area (Å²) in [6.45, 7) is 1.09. The molecule has 5 heteroatoms. The lowest BCUT2D eigenvalue weighted by atomic mass is 10.2. The first-order valence-corrected chi connectivity index (χ1v) is 4.91. The molecule has 0 spiro atoms. The maximum absolute atomic E-state index is 11.8. The molecule has 1 aliphatic rings. The second kappa shape index (κ2) is 4.27. The summed E-state index contributed by atoms with van der Waals surface area (Å²) in [5.74, 6) is -0.364. The first kappa shape index (κ1) is 9.92. The lowest BCUT2D eigenvalue weighted by molar-refractivity contribution is -0.144. The van der Waals surface area contributed by atoms with Crippen LogP contribution >= 0.6 is 0 Å². The molecule has 1 aliphatic heterocycles. The molecule has 0 unspecified atom stereocenters. The molecule has 0 aliphatic carbocycles. The van der Waals surface area contributed by atoms with E-state index in [9.17, 15) is 9.59 Å². The number of nitrogens with zero attached hydrogens (tertiary/aromatic N) is 1. The second-order valence-electron chi connectivity index (χ2n) is 3.37. The van der Waals surface area contributed by atoms with E-state index >= 15 is 0 Å². The molecule has 2 rings (SSSR count). The molecule has 0 saturated carbocycles. The van der Waals surface area contributed by atoms with Crippen LogP contribution in [0.2, 0.25) is 0 Å². The number of carbonyl (C=O) groups excluding carboxylic acids is 1. The zero-order valence-electron chi connectivity index (χ0n) is 8.23. The number of pyridine rings is 1. The minimum atomic E-state index is -0.364. The first-order chi connectivity index (χ1) is 7.29. The molecule has 0 radical (unpaired) electrons. The maximum atomic E-state index is 11.8. The number of hydroxylamine groups is 2. The Morgan fingerprint density at radius 2 is 2.33 bits per heavy atom. The predicted molar refractivity (Wildman–Crippen MR) is 53.3 cm³/mol. The van der Waals surface area contributed by atoms with Crippen molar-refractivity contribution in [2.45, 2.75) is 12.8 Å². The molecule has 0 bridgehead atoms. The number of H-pyrrole nitrogens is 1. The van der Waals surface area contributed by atoms with E-state index in [1.54, 1.807) is 0 Å². The smallest absolute Gasteiger partial charge is 0.282 e. The van der Waals surface area contributed by atoms with Gasteiger partial charge in [-0.1, -0.05) is 0 Å². The number of aromatic nitrogens is 1. The van der Waals surface area contributed by atoms with Gasteiger partial charge in [0.05, 0.1) is 6.61 Å². The molecule has 1 fully saturated rings.